The van der Waals surface area contributed by atoms with Gasteiger partial charge in [-0.1, -0.05) is 38.1 Å². The Morgan fingerprint density at radius 1 is 1.12 bits per heavy atom. The molecule has 1 aromatic carbocycles. The molecule has 0 saturated heterocycles. The molecule has 0 unspecified atom stereocenters. The molecule has 0 bridgehead atoms. The van der Waals surface area contributed by atoms with E-state index in [2.05, 4.69) is 0 Å². The summed E-state index contributed by atoms with van der Waals surface area (Å²) in [6.45, 7) is 7.46. The monoisotopic (exact) mass is 235 g/mol. The minimum atomic E-state index is -0.841. The number of carbonyl (C=O) groups is 1. The van der Waals surface area contributed by atoms with Crippen LogP contribution in [0.3, 0.4) is 0 Å². The molecule has 1 aromatic rings. The first-order valence-corrected chi connectivity index (χ1v) is 5.74. The number of hydrogen-bond donors (Lipinski definition) is 2. The summed E-state index contributed by atoms with van der Waals surface area (Å²) in [7, 11) is 0. The van der Waals surface area contributed by atoms with Crippen LogP contribution >= 0.6 is 0 Å². The third-order valence-electron chi connectivity index (χ3n) is 2.99. The normalized spacial score (nSPS) is 12.5. The Morgan fingerprint density at radius 3 is 1.88 bits per heavy atom. The van der Waals surface area contributed by atoms with E-state index in [9.17, 15) is 9.90 Å². The van der Waals surface area contributed by atoms with Gasteiger partial charge in [0.15, 0.2) is 0 Å². The van der Waals surface area contributed by atoms with Crippen molar-refractivity contribution >= 4 is 5.91 Å². The van der Waals surface area contributed by atoms with E-state index in [1.165, 1.54) is 0 Å². The van der Waals surface area contributed by atoms with E-state index < -0.39 is 5.60 Å². The van der Waals surface area contributed by atoms with Crippen LogP contribution in [-0.2, 0) is 15.8 Å². The number of amides is 1. The van der Waals surface area contributed by atoms with Crippen molar-refractivity contribution in [3.63, 3.8) is 0 Å². The zero-order valence-electron chi connectivity index (χ0n) is 10.9. The van der Waals surface area contributed by atoms with Gasteiger partial charge in [0.25, 0.3) is 0 Å². The highest BCUT2D eigenvalue weighted by atomic mass is 16.3. The fourth-order valence-corrected chi connectivity index (χ4v) is 1.87. The number of benzene rings is 1. The van der Waals surface area contributed by atoms with Gasteiger partial charge in [-0.25, -0.2) is 0 Å². The van der Waals surface area contributed by atoms with Crippen LogP contribution in [0.25, 0.3) is 0 Å². The lowest BCUT2D eigenvalue weighted by molar-refractivity contribution is -0.119. The van der Waals surface area contributed by atoms with Crippen molar-refractivity contribution in [3.8, 4) is 0 Å². The van der Waals surface area contributed by atoms with Gasteiger partial charge in [0, 0.05) is 6.42 Å². The molecule has 1 rings (SSSR count). The van der Waals surface area contributed by atoms with Gasteiger partial charge in [0.1, 0.15) is 0 Å². The topological polar surface area (TPSA) is 63.3 Å². The number of hydrogen-bond acceptors (Lipinski definition) is 2. The van der Waals surface area contributed by atoms with Crippen molar-refractivity contribution in [1.29, 1.82) is 0 Å². The highest BCUT2D eigenvalue weighted by Gasteiger charge is 2.24. The summed E-state index contributed by atoms with van der Waals surface area (Å²) >= 11 is 0. The van der Waals surface area contributed by atoms with Gasteiger partial charge in [-0.3, -0.25) is 4.79 Å². The summed E-state index contributed by atoms with van der Waals surface area (Å²) in [6.07, 6.45) is 0.314. The first-order valence-electron chi connectivity index (χ1n) is 5.74. The smallest absolute Gasteiger partial charge is 0.218 e. The maximum atomic E-state index is 11.0. The number of aliphatic hydroxyl groups is 1. The summed E-state index contributed by atoms with van der Waals surface area (Å²) in [5.41, 5.74) is 6.02. The van der Waals surface area contributed by atoms with Crippen molar-refractivity contribution in [1.82, 2.24) is 0 Å². The van der Waals surface area contributed by atoms with E-state index in [1.807, 2.05) is 38.1 Å². The number of rotatable bonds is 4. The third-order valence-corrected chi connectivity index (χ3v) is 2.99. The van der Waals surface area contributed by atoms with Crippen LogP contribution in [-0.4, -0.2) is 11.0 Å². The lowest BCUT2D eigenvalue weighted by atomic mass is 9.80. The Morgan fingerprint density at radius 2 is 1.53 bits per heavy atom. The van der Waals surface area contributed by atoms with Crippen LogP contribution in [0.4, 0.5) is 0 Å². The summed E-state index contributed by atoms with van der Waals surface area (Å²) < 4.78 is 0. The van der Waals surface area contributed by atoms with Crippen molar-refractivity contribution < 1.29 is 9.90 Å². The molecule has 0 aromatic heterocycles. The van der Waals surface area contributed by atoms with Crippen LogP contribution in [0.5, 0.6) is 0 Å². The Kier molecular flexibility index (Phi) is 3.62. The SMILES string of the molecule is CC(C)(O)c1ccc(C(C)(C)CC(N)=O)cc1. The summed E-state index contributed by atoms with van der Waals surface area (Å²) in [5, 5.41) is 9.85. The molecule has 0 aliphatic rings. The predicted octanol–water partition coefficient (Wildman–Crippen LogP) is 2.07. The zero-order chi connectivity index (χ0) is 13.3. The molecule has 3 N–H and O–H groups in total. The first kappa shape index (κ1) is 13.7. The van der Waals surface area contributed by atoms with E-state index in [-0.39, 0.29) is 11.3 Å². The summed E-state index contributed by atoms with van der Waals surface area (Å²) in [5.74, 6) is -0.304. The number of nitrogens with two attached hydrogens (primary N) is 1. The number of carbonyl (C=O) groups excluding carboxylic acids is 1. The second kappa shape index (κ2) is 4.49. The van der Waals surface area contributed by atoms with Crippen LogP contribution < -0.4 is 5.73 Å². The minimum absolute atomic E-state index is 0.274. The zero-order valence-corrected chi connectivity index (χ0v) is 10.9. The Bertz CT molecular complexity index is 399. The van der Waals surface area contributed by atoms with Gasteiger partial charge in [-0.05, 0) is 30.4 Å². The molecule has 0 spiro atoms. The van der Waals surface area contributed by atoms with Crippen LogP contribution in [0.2, 0.25) is 0 Å². The fraction of sp³-hybridized carbons (Fsp3) is 0.500. The lowest BCUT2D eigenvalue weighted by Gasteiger charge is -2.25. The van der Waals surface area contributed by atoms with E-state index in [0.29, 0.717) is 6.42 Å². The Hall–Kier alpha value is -1.35. The van der Waals surface area contributed by atoms with Crippen molar-refractivity contribution in [3.05, 3.63) is 35.4 Å². The average molecular weight is 235 g/mol. The molecule has 0 saturated carbocycles. The molecule has 94 valence electrons. The molecular weight excluding hydrogens is 214 g/mol. The van der Waals surface area contributed by atoms with Gasteiger partial charge in [0.05, 0.1) is 5.60 Å². The van der Waals surface area contributed by atoms with E-state index in [4.69, 9.17) is 5.73 Å². The summed E-state index contributed by atoms with van der Waals surface area (Å²) in [6, 6.07) is 7.66. The molecule has 1 amide bonds. The predicted molar refractivity (Wildman–Crippen MR) is 68.5 cm³/mol. The second-order valence-corrected chi connectivity index (χ2v) is 5.66. The Labute approximate surface area is 103 Å². The van der Waals surface area contributed by atoms with Crippen molar-refractivity contribution in [2.24, 2.45) is 5.73 Å². The molecule has 0 atom stereocenters. The summed E-state index contributed by atoms with van der Waals surface area (Å²) in [4.78, 5) is 11.0. The molecular formula is C14H21NO2. The molecule has 0 heterocycles. The molecule has 17 heavy (non-hydrogen) atoms. The highest BCUT2D eigenvalue weighted by Crippen LogP contribution is 2.28. The molecule has 0 fully saturated rings. The molecule has 3 nitrogen and oxygen atoms in total. The maximum Gasteiger partial charge on any atom is 0.218 e. The van der Waals surface area contributed by atoms with E-state index >= 15 is 0 Å². The van der Waals surface area contributed by atoms with Gasteiger partial charge in [-0.2, -0.15) is 0 Å². The second-order valence-electron chi connectivity index (χ2n) is 5.66. The largest absolute Gasteiger partial charge is 0.386 e. The number of primary amides is 1. The van der Waals surface area contributed by atoms with E-state index in [0.717, 1.165) is 11.1 Å². The lowest BCUT2D eigenvalue weighted by Crippen LogP contribution is -2.26. The van der Waals surface area contributed by atoms with Crippen LogP contribution in [0, 0.1) is 0 Å². The van der Waals surface area contributed by atoms with Gasteiger partial charge >= 0.3 is 0 Å². The highest BCUT2D eigenvalue weighted by molar-refractivity contribution is 5.75. The molecule has 0 radical (unpaired) electrons. The van der Waals surface area contributed by atoms with Crippen molar-refractivity contribution in [2.45, 2.75) is 45.1 Å². The standard InChI is InChI=1S/C14H21NO2/c1-13(2,9-12(15)16)10-5-7-11(8-6-10)14(3,4)17/h5-8,17H,9H2,1-4H3,(H2,15,16). The van der Waals surface area contributed by atoms with Gasteiger partial charge in [-0.15, -0.1) is 0 Å². The molecule has 0 aliphatic carbocycles. The average Bonchev–Trinajstić information content (AvgIpc) is 2.14. The Balaban J connectivity index is 2.98. The van der Waals surface area contributed by atoms with Crippen LogP contribution in [0.1, 0.15) is 45.2 Å². The van der Waals surface area contributed by atoms with Gasteiger partial charge < -0.3 is 10.8 Å². The minimum Gasteiger partial charge on any atom is -0.386 e. The van der Waals surface area contributed by atoms with E-state index in [1.54, 1.807) is 13.8 Å². The maximum absolute atomic E-state index is 11.0. The van der Waals surface area contributed by atoms with Crippen LogP contribution in [0.15, 0.2) is 24.3 Å². The molecule has 0 aliphatic heterocycles. The quantitative estimate of drug-likeness (QED) is 0.839. The first-order chi connectivity index (χ1) is 7.63. The molecule has 3 heteroatoms. The van der Waals surface area contributed by atoms with Crippen molar-refractivity contribution in [2.75, 3.05) is 0 Å². The fourth-order valence-electron chi connectivity index (χ4n) is 1.87. The van der Waals surface area contributed by atoms with Gasteiger partial charge in [0.2, 0.25) is 5.91 Å². The third kappa shape index (κ3) is 3.56.